The molecule has 0 nitrogen and oxygen atoms in total. The summed E-state index contributed by atoms with van der Waals surface area (Å²) in [6.45, 7) is 0. The molecule has 0 saturated heterocycles. The second-order valence-corrected chi connectivity index (χ2v) is 2.00. The summed E-state index contributed by atoms with van der Waals surface area (Å²) in [6.07, 6.45) is 14.5. The summed E-state index contributed by atoms with van der Waals surface area (Å²) in [5.41, 5.74) is 0. The first-order valence-electron chi connectivity index (χ1n) is 3.20. The quantitative estimate of drug-likeness (QED) is 0.476. The minimum Gasteiger partial charge on any atom is -0.500 e. The Morgan fingerprint density at radius 3 is 2.67 bits per heavy atom. The minimum atomic E-state index is 0. The molecule has 9 heavy (non-hydrogen) atoms. The standard InChI is InChI=1S/C8H11.Pt/c1-2-4-6-8-7-5-3-1;/h1-2,7H,3-6H2;/q-1;/b2-1-;. The molecule has 1 heteroatoms. The van der Waals surface area contributed by atoms with Gasteiger partial charge in [0.05, 0.1) is 0 Å². The van der Waals surface area contributed by atoms with Crippen LogP contribution in [0.5, 0.6) is 0 Å². The summed E-state index contributed by atoms with van der Waals surface area (Å²) < 4.78 is 0. The largest absolute Gasteiger partial charge is 0.500 e. The van der Waals surface area contributed by atoms with Crippen LogP contribution in [-0.4, -0.2) is 0 Å². The summed E-state index contributed by atoms with van der Waals surface area (Å²) in [4.78, 5) is 0. The average Bonchev–Trinajstić information content (AvgIpc) is 1.62. The Balaban J connectivity index is 0.000000640. The van der Waals surface area contributed by atoms with E-state index in [0.717, 1.165) is 6.42 Å². The Morgan fingerprint density at radius 2 is 1.78 bits per heavy atom. The van der Waals surface area contributed by atoms with E-state index in [0.29, 0.717) is 0 Å². The molecule has 0 N–H and O–H groups in total. The van der Waals surface area contributed by atoms with Crippen molar-refractivity contribution in [3.05, 3.63) is 24.3 Å². The molecule has 0 fully saturated rings. The molecule has 0 radical (unpaired) electrons. The van der Waals surface area contributed by atoms with Gasteiger partial charge in [0.15, 0.2) is 0 Å². The van der Waals surface area contributed by atoms with Gasteiger partial charge >= 0.3 is 0 Å². The zero-order chi connectivity index (χ0) is 5.66. The first-order chi connectivity index (χ1) is 4.00. The maximum Gasteiger partial charge on any atom is 0 e. The van der Waals surface area contributed by atoms with Gasteiger partial charge in [-0.3, -0.25) is 6.08 Å². The third kappa shape index (κ3) is 4.66. The summed E-state index contributed by atoms with van der Waals surface area (Å²) in [5.74, 6) is 0. The van der Waals surface area contributed by atoms with E-state index in [-0.39, 0.29) is 21.1 Å². The molecule has 0 heterocycles. The van der Waals surface area contributed by atoms with Crippen molar-refractivity contribution in [1.82, 2.24) is 0 Å². The molecule has 0 aliphatic heterocycles. The van der Waals surface area contributed by atoms with E-state index in [4.69, 9.17) is 0 Å². The number of hydrogen-bond donors (Lipinski definition) is 0. The fourth-order valence-corrected chi connectivity index (χ4v) is 0.786. The van der Waals surface area contributed by atoms with Crippen LogP contribution < -0.4 is 0 Å². The summed E-state index contributed by atoms with van der Waals surface area (Å²) in [5, 5.41) is 0. The van der Waals surface area contributed by atoms with Crippen LogP contribution in [0.1, 0.15) is 25.7 Å². The topological polar surface area (TPSA) is 0 Å². The predicted octanol–water partition coefficient (Wildman–Crippen LogP) is 2.47. The third-order valence-electron chi connectivity index (χ3n) is 1.24. The molecule has 54 valence electrons. The van der Waals surface area contributed by atoms with E-state index in [1.165, 1.54) is 19.3 Å². The zero-order valence-corrected chi connectivity index (χ0v) is 7.65. The molecule has 0 aromatic rings. The fraction of sp³-hybridized carbons (Fsp3) is 0.500. The van der Waals surface area contributed by atoms with Crippen LogP contribution in [0.25, 0.3) is 0 Å². The average molecular weight is 302 g/mol. The first kappa shape index (κ1) is 9.17. The smallest absolute Gasteiger partial charge is 0 e. The van der Waals surface area contributed by atoms with Crippen molar-refractivity contribution < 1.29 is 21.1 Å². The molecule has 0 aromatic heterocycles. The molecular weight excluding hydrogens is 291 g/mol. The summed E-state index contributed by atoms with van der Waals surface area (Å²) >= 11 is 0. The van der Waals surface area contributed by atoms with Crippen LogP contribution in [0.3, 0.4) is 0 Å². The molecule has 0 amide bonds. The van der Waals surface area contributed by atoms with Gasteiger partial charge in [0.1, 0.15) is 0 Å². The third-order valence-corrected chi connectivity index (χ3v) is 1.24. The second-order valence-electron chi connectivity index (χ2n) is 2.00. The van der Waals surface area contributed by atoms with Crippen molar-refractivity contribution in [2.45, 2.75) is 25.7 Å². The maximum absolute atomic E-state index is 3.21. The van der Waals surface area contributed by atoms with Gasteiger partial charge in [-0.05, 0) is 6.42 Å². The van der Waals surface area contributed by atoms with Gasteiger partial charge in [-0.25, -0.2) is 0 Å². The Labute approximate surface area is 71.3 Å². The van der Waals surface area contributed by atoms with E-state index in [1.807, 2.05) is 0 Å². The molecule has 1 rings (SSSR count). The Hall–Kier alpha value is 0.168. The normalized spacial score (nSPS) is 21.3. The minimum absolute atomic E-state index is 0. The monoisotopic (exact) mass is 302 g/mol. The van der Waals surface area contributed by atoms with Crippen molar-refractivity contribution in [3.63, 3.8) is 0 Å². The maximum atomic E-state index is 3.21. The van der Waals surface area contributed by atoms with Crippen molar-refractivity contribution in [2.75, 3.05) is 0 Å². The Kier molecular flexibility index (Phi) is 6.41. The van der Waals surface area contributed by atoms with Gasteiger partial charge in [-0.2, -0.15) is 6.42 Å². The molecule has 1 aliphatic carbocycles. The number of rotatable bonds is 0. The van der Waals surface area contributed by atoms with Crippen LogP contribution in [0.2, 0.25) is 0 Å². The molecule has 0 atom stereocenters. The van der Waals surface area contributed by atoms with E-state index < -0.39 is 0 Å². The van der Waals surface area contributed by atoms with Crippen molar-refractivity contribution in [3.8, 4) is 0 Å². The van der Waals surface area contributed by atoms with Gasteiger partial charge in [0.2, 0.25) is 0 Å². The van der Waals surface area contributed by atoms with Crippen molar-refractivity contribution in [1.29, 1.82) is 0 Å². The van der Waals surface area contributed by atoms with Gasteiger partial charge in [0, 0.05) is 21.1 Å². The van der Waals surface area contributed by atoms with E-state index >= 15 is 0 Å². The molecule has 0 unspecified atom stereocenters. The number of hydrogen-bond acceptors (Lipinski definition) is 0. The predicted molar refractivity (Wildman–Crippen MR) is 35.4 cm³/mol. The van der Waals surface area contributed by atoms with E-state index in [1.54, 1.807) is 0 Å². The molecule has 0 aromatic carbocycles. The Morgan fingerprint density at radius 1 is 1.00 bits per heavy atom. The molecule has 0 spiro atoms. The van der Waals surface area contributed by atoms with Gasteiger partial charge in [-0.15, -0.1) is 0 Å². The van der Waals surface area contributed by atoms with Crippen LogP contribution in [-0.2, 0) is 21.1 Å². The van der Waals surface area contributed by atoms with Crippen LogP contribution in [0.15, 0.2) is 18.2 Å². The van der Waals surface area contributed by atoms with Crippen LogP contribution in [0, 0.1) is 6.08 Å². The first-order valence-corrected chi connectivity index (χ1v) is 3.20. The van der Waals surface area contributed by atoms with Crippen LogP contribution >= 0.6 is 0 Å². The van der Waals surface area contributed by atoms with Gasteiger partial charge in [-0.1, -0.05) is 25.0 Å². The molecule has 0 bridgehead atoms. The van der Waals surface area contributed by atoms with Crippen LogP contribution in [0.4, 0.5) is 0 Å². The van der Waals surface area contributed by atoms with Gasteiger partial charge in [0.25, 0.3) is 0 Å². The Bertz CT molecular complexity index is 77.1. The van der Waals surface area contributed by atoms with Gasteiger partial charge < -0.3 is 6.08 Å². The van der Waals surface area contributed by atoms with E-state index in [9.17, 15) is 0 Å². The molecular formula is C8H11Pt-. The second kappa shape index (κ2) is 6.29. The zero-order valence-electron chi connectivity index (χ0n) is 5.38. The molecule has 0 saturated carbocycles. The van der Waals surface area contributed by atoms with Crippen molar-refractivity contribution in [2.24, 2.45) is 0 Å². The number of allylic oxidation sites excluding steroid dienone is 4. The van der Waals surface area contributed by atoms with E-state index in [2.05, 4.69) is 24.3 Å². The summed E-state index contributed by atoms with van der Waals surface area (Å²) in [6, 6.07) is 0. The summed E-state index contributed by atoms with van der Waals surface area (Å²) in [7, 11) is 0. The van der Waals surface area contributed by atoms with Crippen molar-refractivity contribution >= 4 is 0 Å². The fourth-order valence-electron chi connectivity index (χ4n) is 0.786. The molecule has 1 aliphatic rings. The SMILES string of the molecule is [C-]1=CCC/C=C\CC1.[Pt].